The summed E-state index contributed by atoms with van der Waals surface area (Å²) in [7, 11) is 1.58. The summed E-state index contributed by atoms with van der Waals surface area (Å²) < 4.78 is 5.09. The Morgan fingerprint density at radius 2 is 1.70 bits per heavy atom. The van der Waals surface area contributed by atoms with Gasteiger partial charge in [0.25, 0.3) is 11.8 Å². The van der Waals surface area contributed by atoms with Crippen LogP contribution in [0, 0.1) is 0 Å². The van der Waals surface area contributed by atoms with Gasteiger partial charge in [0.1, 0.15) is 11.3 Å². The van der Waals surface area contributed by atoms with E-state index in [0.29, 0.717) is 17.0 Å². The molecule has 2 aromatic rings. The molecule has 4 amide bonds. The van der Waals surface area contributed by atoms with E-state index in [1.807, 2.05) is 0 Å². The normalized spacial score (nSPS) is 15.4. The van der Waals surface area contributed by atoms with E-state index in [0.717, 1.165) is 5.56 Å². The number of carbonyl (C=O) groups is 3. The molecule has 1 saturated heterocycles. The summed E-state index contributed by atoms with van der Waals surface area (Å²) in [5, 5.41) is 5.45. The maximum Gasteiger partial charge on any atom is 0.325 e. The molecule has 1 aliphatic heterocycles. The maximum absolute atomic E-state index is 12.3. The number of imide groups is 1. The minimum Gasteiger partial charge on any atom is -0.497 e. The van der Waals surface area contributed by atoms with Gasteiger partial charge in [-0.3, -0.25) is 14.5 Å². The lowest BCUT2D eigenvalue weighted by atomic mass is 10.1. The molecule has 0 aliphatic carbocycles. The molecule has 0 bridgehead atoms. The first-order valence-electron chi connectivity index (χ1n) is 8.48. The largest absolute Gasteiger partial charge is 0.497 e. The van der Waals surface area contributed by atoms with Crippen molar-refractivity contribution >= 4 is 23.5 Å². The predicted molar refractivity (Wildman–Crippen MR) is 101 cm³/mol. The van der Waals surface area contributed by atoms with Gasteiger partial charge in [0.2, 0.25) is 0 Å². The molecule has 3 rings (SSSR count). The van der Waals surface area contributed by atoms with Gasteiger partial charge in [-0.25, -0.2) is 4.79 Å². The van der Waals surface area contributed by atoms with Crippen molar-refractivity contribution in [3.63, 3.8) is 0 Å². The van der Waals surface area contributed by atoms with Crippen LogP contribution in [0.5, 0.6) is 5.75 Å². The zero-order chi connectivity index (χ0) is 19.6. The highest BCUT2D eigenvalue weighted by atomic mass is 16.5. The number of benzene rings is 2. The van der Waals surface area contributed by atoms with E-state index in [2.05, 4.69) is 10.6 Å². The van der Waals surface area contributed by atoms with Gasteiger partial charge in [0, 0.05) is 11.3 Å². The number of hydrogen-bond acceptors (Lipinski definition) is 4. The van der Waals surface area contributed by atoms with Gasteiger partial charge in [-0.2, -0.15) is 0 Å². The van der Waals surface area contributed by atoms with Crippen LogP contribution >= 0.6 is 0 Å². The Hall–Kier alpha value is -3.35. The summed E-state index contributed by atoms with van der Waals surface area (Å²) in [5.41, 5.74) is 1.01. The highest BCUT2D eigenvalue weighted by molar-refractivity contribution is 6.06. The standard InChI is InChI=1S/C20H21N3O4/c1-20(2)18(25)23(19(26)22-20)12-13-4-6-14(7-5-13)17(24)21-15-8-10-16(27-3)11-9-15/h4-11H,12H2,1-3H3,(H,21,24)(H,22,26). The first-order valence-corrected chi connectivity index (χ1v) is 8.48. The third-order valence-electron chi connectivity index (χ3n) is 4.35. The van der Waals surface area contributed by atoms with Gasteiger partial charge in [0.15, 0.2) is 0 Å². The molecule has 2 aromatic carbocycles. The van der Waals surface area contributed by atoms with Crippen LogP contribution < -0.4 is 15.4 Å². The predicted octanol–water partition coefficient (Wildman–Crippen LogP) is 2.78. The quantitative estimate of drug-likeness (QED) is 0.796. The first kappa shape index (κ1) is 18.4. The number of hydrogen-bond donors (Lipinski definition) is 2. The Morgan fingerprint density at radius 3 is 2.22 bits per heavy atom. The van der Waals surface area contributed by atoms with Crippen molar-refractivity contribution in [2.24, 2.45) is 0 Å². The van der Waals surface area contributed by atoms with E-state index < -0.39 is 11.6 Å². The van der Waals surface area contributed by atoms with Crippen LogP contribution in [-0.4, -0.2) is 35.4 Å². The molecule has 0 saturated carbocycles. The number of urea groups is 1. The van der Waals surface area contributed by atoms with Crippen molar-refractivity contribution in [1.82, 2.24) is 10.2 Å². The van der Waals surface area contributed by atoms with E-state index in [4.69, 9.17) is 4.74 Å². The zero-order valence-corrected chi connectivity index (χ0v) is 15.4. The zero-order valence-electron chi connectivity index (χ0n) is 15.4. The molecular formula is C20H21N3O4. The summed E-state index contributed by atoms with van der Waals surface area (Å²) in [4.78, 5) is 37.7. The second-order valence-corrected chi connectivity index (χ2v) is 6.83. The van der Waals surface area contributed by atoms with E-state index in [9.17, 15) is 14.4 Å². The van der Waals surface area contributed by atoms with Crippen LogP contribution in [0.1, 0.15) is 29.8 Å². The van der Waals surface area contributed by atoms with Crippen molar-refractivity contribution in [3.05, 3.63) is 59.7 Å². The van der Waals surface area contributed by atoms with Crippen molar-refractivity contribution in [2.75, 3.05) is 12.4 Å². The van der Waals surface area contributed by atoms with Crippen LogP contribution in [0.3, 0.4) is 0 Å². The Morgan fingerprint density at radius 1 is 1.07 bits per heavy atom. The average Bonchev–Trinajstić information content (AvgIpc) is 2.84. The minimum atomic E-state index is -0.894. The Kier molecular flexibility index (Phi) is 4.85. The summed E-state index contributed by atoms with van der Waals surface area (Å²) >= 11 is 0. The molecule has 0 spiro atoms. The monoisotopic (exact) mass is 367 g/mol. The topological polar surface area (TPSA) is 87.7 Å². The Bertz CT molecular complexity index is 873. The number of carbonyl (C=O) groups excluding carboxylic acids is 3. The van der Waals surface area contributed by atoms with E-state index >= 15 is 0 Å². The Balaban J connectivity index is 1.65. The lowest BCUT2D eigenvalue weighted by Crippen LogP contribution is -2.40. The smallest absolute Gasteiger partial charge is 0.325 e. The molecule has 7 nitrogen and oxygen atoms in total. The highest BCUT2D eigenvalue weighted by Gasteiger charge is 2.43. The number of nitrogens with zero attached hydrogens (tertiary/aromatic N) is 1. The van der Waals surface area contributed by atoms with Crippen LogP contribution in [0.15, 0.2) is 48.5 Å². The van der Waals surface area contributed by atoms with Crippen molar-refractivity contribution < 1.29 is 19.1 Å². The molecule has 1 aliphatic rings. The van der Waals surface area contributed by atoms with Crippen LogP contribution in [-0.2, 0) is 11.3 Å². The average molecular weight is 367 g/mol. The second-order valence-electron chi connectivity index (χ2n) is 6.83. The highest BCUT2D eigenvalue weighted by Crippen LogP contribution is 2.20. The number of anilines is 1. The third kappa shape index (κ3) is 3.92. The molecule has 27 heavy (non-hydrogen) atoms. The number of nitrogens with one attached hydrogen (secondary N) is 2. The fourth-order valence-corrected chi connectivity index (χ4v) is 2.78. The molecular weight excluding hydrogens is 346 g/mol. The van der Waals surface area contributed by atoms with E-state index in [1.54, 1.807) is 69.5 Å². The summed E-state index contributed by atoms with van der Waals surface area (Å²) in [6.45, 7) is 3.49. The molecule has 0 radical (unpaired) electrons. The van der Waals surface area contributed by atoms with Crippen LogP contribution in [0.25, 0.3) is 0 Å². The molecule has 0 aromatic heterocycles. The van der Waals surface area contributed by atoms with Gasteiger partial charge in [-0.1, -0.05) is 12.1 Å². The molecule has 0 atom stereocenters. The Labute approximate surface area is 157 Å². The molecule has 2 N–H and O–H groups in total. The lowest BCUT2D eigenvalue weighted by Gasteiger charge is -2.16. The number of amides is 4. The molecule has 0 unspecified atom stereocenters. The molecule has 7 heteroatoms. The molecule has 1 heterocycles. The second kappa shape index (κ2) is 7.11. The number of rotatable bonds is 5. The van der Waals surface area contributed by atoms with E-state index in [1.165, 1.54) is 4.90 Å². The first-order chi connectivity index (χ1) is 12.8. The van der Waals surface area contributed by atoms with Crippen LogP contribution in [0.2, 0.25) is 0 Å². The molecule has 1 fully saturated rings. The van der Waals surface area contributed by atoms with Gasteiger partial charge in [0.05, 0.1) is 13.7 Å². The van der Waals surface area contributed by atoms with Crippen molar-refractivity contribution in [1.29, 1.82) is 0 Å². The van der Waals surface area contributed by atoms with Gasteiger partial charge >= 0.3 is 6.03 Å². The van der Waals surface area contributed by atoms with Gasteiger partial charge in [-0.05, 0) is 55.8 Å². The summed E-state index contributed by atoms with van der Waals surface area (Å²) in [5.74, 6) is 0.192. The van der Waals surface area contributed by atoms with Gasteiger partial charge < -0.3 is 15.4 Å². The lowest BCUT2D eigenvalue weighted by molar-refractivity contribution is -0.130. The van der Waals surface area contributed by atoms with Crippen molar-refractivity contribution in [3.8, 4) is 5.75 Å². The molecule has 140 valence electrons. The van der Waals surface area contributed by atoms with Crippen molar-refractivity contribution in [2.45, 2.75) is 25.9 Å². The number of methoxy groups -OCH3 is 1. The summed E-state index contributed by atoms with van der Waals surface area (Å²) in [6.07, 6.45) is 0. The van der Waals surface area contributed by atoms with E-state index in [-0.39, 0.29) is 18.4 Å². The van der Waals surface area contributed by atoms with Crippen LogP contribution in [0.4, 0.5) is 10.5 Å². The number of ether oxygens (including phenoxy) is 1. The minimum absolute atomic E-state index is 0.161. The maximum atomic E-state index is 12.3. The fraction of sp³-hybridized carbons (Fsp3) is 0.250. The van der Waals surface area contributed by atoms with Gasteiger partial charge in [-0.15, -0.1) is 0 Å². The summed E-state index contributed by atoms with van der Waals surface area (Å²) in [6, 6.07) is 13.4. The fourth-order valence-electron chi connectivity index (χ4n) is 2.78. The SMILES string of the molecule is COc1ccc(NC(=O)c2ccc(CN3C(=O)NC(C)(C)C3=O)cc2)cc1. The third-order valence-corrected chi connectivity index (χ3v) is 4.35.